The van der Waals surface area contributed by atoms with Crippen LogP contribution in [-0.2, 0) is 15.7 Å². The van der Waals surface area contributed by atoms with Gasteiger partial charge in [-0.25, -0.2) is 0 Å². The van der Waals surface area contributed by atoms with Crippen LogP contribution in [0.4, 0.5) is 0 Å². The van der Waals surface area contributed by atoms with E-state index < -0.39 is 20.6 Å². The quantitative estimate of drug-likeness (QED) is 0.676. The second-order valence-corrected chi connectivity index (χ2v) is 7.28. The standard InChI is InChI=1S/C14H19IO4/c1-3-8-13(16)18-15(19-14(17)9-4-2)12-10-6-5-7-11-12/h5-7,10-11H,3-4,8-9H2,1-2H3. The van der Waals surface area contributed by atoms with Crippen molar-refractivity contribution in [3.8, 4) is 0 Å². The minimum atomic E-state index is -2.67. The molecule has 0 radical (unpaired) electrons. The summed E-state index contributed by atoms with van der Waals surface area (Å²) in [5.74, 6) is -0.582. The summed E-state index contributed by atoms with van der Waals surface area (Å²) in [4.78, 5) is 23.2. The fraction of sp³-hybridized carbons (Fsp3) is 0.429. The third-order valence-electron chi connectivity index (χ3n) is 2.13. The maximum atomic E-state index is 11.6. The zero-order valence-corrected chi connectivity index (χ0v) is 13.4. The zero-order valence-electron chi connectivity index (χ0n) is 11.2. The molecular formula is C14H19IO4. The van der Waals surface area contributed by atoms with Crippen LogP contribution < -0.4 is 0 Å². The molecule has 0 atom stereocenters. The van der Waals surface area contributed by atoms with Crippen LogP contribution in [0.2, 0.25) is 0 Å². The van der Waals surface area contributed by atoms with E-state index >= 15 is 0 Å². The summed E-state index contributed by atoms with van der Waals surface area (Å²) in [6.45, 7) is 3.82. The van der Waals surface area contributed by atoms with Crippen molar-refractivity contribution in [1.82, 2.24) is 0 Å². The topological polar surface area (TPSA) is 52.6 Å². The van der Waals surface area contributed by atoms with Gasteiger partial charge >= 0.3 is 122 Å². The van der Waals surface area contributed by atoms with Crippen molar-refractivity contribution in [2.45, 2.75) is 39.5 Å². The predicted octanol–water partition coefficient (Wildman–Crippen LogP) is 3.88. The first-order valence-electron chi connectivity index (χ1n) is 6.35. The van der Waals surface area contributed by atoms with Crippen molar-refractivity contribution in [2.75, 3.05) is 0 Å². The summed E-state index contributed by atoms with van der Waals surface area (Å²) < 4.78 is 11.6. The minimum absolute atomic E-state index is 0.291. The van der Waals surface area contributed by atoms with Gasteiger partial charge in [0.2, 0.25) is 0 Å². The van der Waals surface area contributed by atoms with Crippen molar-refractivity contribution in [1.29, 1.82) is 0 Å². The predicted molar refractivity (Wildman–Crippen MR) is 81.2 cm³/mol. The molecule has 1 aromatic rings. The van der Waals surface area contributed by atoms with Crippen molar-refractivity contribution in [3.63, 3.8) is 0 Å². The monoisotopic (exact) mass is 378 g/mol. The first-order valence-corrected chi connectivity index (χ1v) is 9.19. The molecule has 0 fully saturated rings. The Morgan fingerprint density at radius 3 is 1.84 bits per heavy atom. The zero-order chi connectivity index (χ0) is 14.1. The van der Waals surface area contributed by atoms with E-state index in [1.807, 2.05) is 44.2 Å². The van der Waals surface area contributed by atoms with E-state index in [0.717, 1.165) is 16.4 Å². The Balaban J connectivity index is 2.73. The maximum absolute atomic E-state index is 11.6. The number of benzene rings is 1. The number of carbonyl (C=O) groups excluding carboxylic acids is 2. The van der Waals surface area contributed by atoms with E-state index in [-0.39, 0.29) is 11.9 Å². The third-order valence-corrected chi connectivity index (χ3v) is 5.65. The first kappa shape index (κ1) is 15.9. The van der Waals surface area contributed by atoms with E-state index in [4.69, 9.17) is 6.13 Å². The van der Waals surface area contributed by atoms with Gasteiger partial charge in [-0.15, -0.1) is 0 Å². The van der Waals surface area contributed by atoms with Gasteiger partial charge < -0.3 is 0 Å². The molecule has 0 aromatic heterocycles. The normalized spacial score (nSPS) is 10.7. The van der Waals surface area contributed by atoms with Gasteiger partial charge in [0.15, 0.2) is 0 Å². The molecule has 1 aromatic carbocycles. The first-order chi connectivity index (χ1) is 9.17. The Morgan fingerprint density at radius 1 is 0.947 bits per heavy atom. The average molecular weight is 378 g/mol. The van der Waals surface area contributed by atoms with E-state index in [9.17, 15) is 9.59 Å². The Hall–Kier alpha value is -1.11. The van der Waals surface area contributed by atoms with Gasteiger partial charge in [0.05, 0.1) is 0 Å². The number of halogens is 1. The number of hydrogen-bond donors (Lipinski definition) is 0. The van der Waals surface area contributed by atoms with E-state index in [1.165, 1.54) is 0 Å². The molecular weight excluding hydrogens is 359 g/mol. The summed E-state index contributed by atoms with van der Waals surface area (Å²) in [5.41, 5.74) is 0. The van der Waals surface area contributed by atoms with Gasteiger partial charge in [0, 0.05) is 0 Å². The van der Waals surface area contributed by atoms with Crippen molar-refractivity contribution in [2.24, 2.45) is 0 Å². The Bertz CT molecular complexity index is 385. The molecule has 0 N–H and O–H groups in total. The van der Waals surface area contributed by atoms with Gasteiger partial charge in [0.25, 0.3) is 0 Å². The molecule has 5 heteroatoms. The Morgan fingerprint density at radius 2 is 1.42 bits per heavy atom. The molecule has 0 saturated heterocycles. The average Bonchev–Trinajstić information content (AvgIpc) is 2.39. The molecule has 0 unspecified atom stereocenters. The van der Waals surface area contributed by atoms with Crippen molar-refractivity contribution >= 4 is 32.6 Å². The molecule has 0 aliphatic carbocycles. The summed E-state index contributed by atoms with van der Waals surface area (Å²) in [7, 11) is 0. The van der Waals surface area contributed by atoms with Crippen molar-refractivity contribution < 1.29 is 15.7 Å². The number of rotatable bonds is 7. The number of hydrogen-bond acceptors (Lipinski definition) is 4. The van der Waals surface area contributed by atoms with Crippen LogP contribution in [0.5, 0.6) is 0 Å². The molecule has 0 spiro atoms. The molecule has 0 saturated carbocycles. The second kappa shape index (κ2) is 8.90. The molecule has 0 amide bonds. The molecule has 0 aliphatic rings. The SMILES string of the molecule is CCCC(=O)OI(OC(=O)CCC)c1ccccc1. The van der Waals surface area contributed by atoms with Gasteiger partial charge in [0.1, 0.15) is 0 Å². The Labute approximate surface area is 122 Å². The van der Waals surface area contributed by atoms with Crippen LogP contribution in [0.3, 0.4) is 0 Å². The van der Waals surface area contributed by atoms with E-state index in [2.05, 4.69) is 0 Å². The molecule has 19 heavy (non-hydrogen) atoms. The summed E-state index contributed by atoms with van der Waals surface area (Å²) in [6, 6.07) is 9.24. The van der Waals surface area contributed by atoms with Gasteiger partial charge in [-0.2, -0.15) is 0 Å². The molecule has 1 rings (SSSR count). The Kier molecular flexibility index (Phi) is 7.47. The van der Waals surface area contributed by atoms with Crippen LogP contribution in [0, 0.1) is 3.57 Å². The summed E-state index contributed by atoms with van der Waals surface area (Å²) in [5, 5.41) is 0. The van der Waals surface area contributed by atoms with Crippen LogP contribution in [-0.4, -0.2) is 11.9 Å². The second-order valence-electron chi connectivity index (χ2n) is 3.91. The summed E-state index contributed by atoms with van der Waals surface area (Å²) in [6.07, 6.45) is 2.15. The molecule has 106 valence electrons. The van der Waals surface area contributed by atoms with Crippen molar-refractivity contribution in [3.05, 3.63) is 33.9 Å². The summed E-state index contributed by atoms with van der Waals surface area (Å²) >= 11 is -2.67. The van der Waals surface area contributed by atoms with Gasteiger partial charge in [-0.1, -0.05) is 0 Å². The number of carbonyl (C=O) groups is 2. The van der Waals surface area contributed by atoms with Crippen LogP contribution >= 0.6 is 20.6 Å². The molecule has 0 heterocycles. The fourth-order valence-electron chi connectivity index (χ4n) is 1.26. The molecule has 0 bridgehead atoms. The molecule has 0 aliphatic heterocycles. The van der Waals surface area contributed by atoms with Crippen LogP contribution in [0.15, 0.2) is 30.3 Å². The van der Waals surface area contributed by atoms with Crippen LogP contribution in [0.25, 0.3) is 0 Å². The van der Waals surface area contributed by atoms with Gasteiger partial charge in [-0.05, 0) is 0 Å². The van der Waals surface area contributed by atoms with Crippen LogP contribution in [0.1, 0.15) is 39.5 Å². The van der Waals surface area contributed by atoms with Gasteiger partial charge in [-0.3, -0.25) is 0 Å². The fourth-order valence-corrected chi connectivity index (χ4v) is 4.20. The molecule has 4 nitrogen and oxygen atoms in total. The third kappa shape index (κ3) is 6.04. The van der Waals surface area contributed by atoms with E-state index in [0.29, 0.717) is 12.8 Å². The van der Waals surface area contributed by atoms with E-state index in [1.54, 1.807) is 0 Å².